The number of hydrogen-bond donors (Lipinski definition) is 0. The molecule has 2 aromatic rings. The molecule has 112 valence electrons. The second-order valence-corrected chi connectivity index (χ2v) is 7.12. The first kappa shape index (κ1) is 16.6. The zero-order valence-corrected chi connectivity index (χ0v) is 14.7. The summed E-state index contributed by atoms with van der Waals surface area (Å²) in [6.45, 7) is 6.41. The Balaban J connectivity index is 2.25. The lowest BCUT2D eigenvalue weighted by molar-refractivity contribution is 0.750. The Hall–Kier alpha value is -0.770. The molecule has 1 aromatic heterocycles. The Labute approximate surface area is 140 Å². The van der Waals surface area contributed by atoms with Gasteiger partial charge in [-0.1, -0.05) is 66.9 Å². The van der Waals surface area contributed by atoms with Crippen molar-refractivity contribution in [2.24, 2.45) is 5.92 Å². The number of halogens is 2. The van der Waals surface area contributed by atoms with Gasteiger partial charge in [-0.3, -0.25) is 0 Å². The summed E-state index contributed by atoms with van der Waals surface area (Å²) in [6, 6.07) is 8.01. The quantitative estimate of drug-likeness (QED) is 0.658. The first-order valence-corrected chi connectivity index (χ1v) is 8.75. The summed E-state index contributed by atoms with van der Waals surface area (Å²) in [5.41, 5.74) is 2.81. The molecule has 21 heavy (non-hydrogen) atoms. The normalized spacial score (nSPS) is 11.1. The monoisotopic (exact) mass is 340 g/mol. The van der Waals surface area contributed by atoms with Crippen molar-refractivity contribution in [2.75, 3.05) is 5.75 Å². The molecule has 0 aliphatic rings. The summed E-state index contributed by atoms with van der Waals surface area (Å²) >= 11 is 14.4. The summed E-state index contributed by atoms with van der Waals surface area (Å²) < 4.78 is 0. The number of rotatable bonds is 5. The third kappa shape index (κ3) is 4.60. The van der Waals surface area contributed by atoms with Gasteiger partial charge in [0.15, 0.2) is 0 Å². The molecule has 0 fully saturated rings. The van der Waals surface area contributed by atoms with Crippen molar-refractivity contribution in [3.05, 3.63) is 46.0 Å². The summed E-state index contributed by atoms with van der Waals surface area (Å²) in [5, 5.41) is 0.835. The number of aryl methyl sites for hydroxylation is 1. The predicted molar refractivity (Wildman–Crippen MR) is 93.2 cm³/mol. The summed E-state index contributed by atoms with van der Waals surface area (Å²) in [5.74, 6) is 3.13. The molecule has 0 unspecified atom stereocenters. The fraction of sp³-hybridized carbons (Fsp3) is 0.375. The molecular weight excluding hydrogens is 323 g/mol. The molecule has 0 saturated heterocycles. The molecule has 1 aromatic carbocycles. The van der Waals surface area contributed by atoms with E-state index in [0.717, 1.165) is 22.6 Å². The van der Waals surface area contributed by atoms with Crippen molar-refractivity contribution in [1.29, 1.82) is 0 Å². The van der Waals surface area contributed by atoms with Crippen LogP contribution in [0.2, 0.25) is 10.3 Å². The van der Waals surface area contributed by atoms with Gasteiger partial charge in [0.25, 0.3) is 0 Å². The van der Waals surface area contributed by atoms with Gasteiger partial charge in [-0.2, -0.15) is 11.8 Å². The zero-order chi connectivity index (χ0) is 15.4. The first-order valence-electron chi connectivity index (χ1n) is 6.84. The van der Waals surface area contributed by atoms with Crippen LogP contribution in [-0.4, -0.2) is 15.7 Å². The third-order valence-electron chi connectivity index (χ3n) is 2.86. The highest BCUT2D eigenvalue weighted by atomic mass is 35.5. The van der Waals surface area contributed by atoms with E-state index in [9.17, 15) is 0 Å². The van der Waals surface area contributed by atoms with E-state index < -0.39 is 0 Å². The maximum absolute atomic E-state index is 6.32. The molecule has 5 heteroatoms. The van der Waals surface area contributed by atoms with Gasteiger partial charge in [0, 0.05) is 0 Å². The van der Waals surface area contributed by atoms with Crippen LogP contribution in [0.3, 0.4) is 0 Å². The average Bonchev–Trinajstić information content (AvgIpc) is 2.37. The number of benzene rings is 1. The standard InChI is InChI=1S/C16H18Cl2N2S/c1-10(2)8-21-9-13-19-15(17)14(16(18)20-13)12-6-4-5-11(3)7-12/h4-7,10H,8-9H2,1-3H3. The topological polar surface area (TPSA) is 25.8 Å². The highest BCUT2D eigenvalue weighted by Crippen LogP contribution is 2.33. The van der Waals surface area contributed by atoms with E-state index in [0.29, 0.717) is 27.6 Å². The van der Waals surface area contributed by atoms with Crippen molar-refractivity contribution in [3.63, 3.8) is 0 Å². The molecule has 0 saturated carbocycles. The van der Waals surface area contributed by atoms with Gasteiger partial charge in [-0.15, -0.1) is 0 Å². The number of hydrogen-bond acceptors (Lipinski definition) is 3. The van der Waals surface area contributed by atoms with Crippen LogP contribution in [0.25, 0.3) is 11.1 Å². The Morgan fingerprint density at radius 2 is 1.81 bits per heavy atom. The van der Waals surface area contributed by atoms with Crippen LogP contribution in [0.4, 0.5) is 0 Å². The van der Waals surface area contributed by atoms with Gasteiger partial charge in [0.2, 0.25) is 0 Å². The smallest absolute Gasteiger partial charge is 0.142 e. The maximum atomic E-state index is 6.32. The molecule has 0 aliphatic heterocycles. The van der Waals surface area contributed by atoms with Crippen molar-refractivity contribution >= 4 is 35.0 Å². The lowest BCUT2D eigenvalue weighted by Gasteiger charge is -2.09. The van der Waals surface area contributed by atoms with Gasteiger partial charge in [-0.05, 0) is 24.2 Å². The Morgan fingerprint density at radius 3 is 2.38 bits per heavy atom. The highest BCUT2D eigenvalue weighted by molar-refractivity contribution is 7.98. The number of nitrogens with zero attached hydrogens (tertiary/aromatic N) is 2. The largest absolute Gasteiger partial charge is 0.220 e. The minimum absolute atomic E-state index is 0.417. The molecule has 2 rings (SSSR count). The molecule has 0 spiro atoms. The van der Waals surface area contributed by atoms with E-state index in [1.807, 2.05) is 31.2 Å². The Morgan fingerprint density at radius 1 is 1.14 bits per heavy atom. The molecule has 0 atom stereocenters. The van der Waals surface area contributed by atoms with Crippen LogP contribution in [-0.2, 0) is 5.75 Å². The van der Waals surface area contributed by atoms with Crippen molar-refractivity contribution in [2.45, 2.75) is 26.5 Å². The average molecular weight is 341 g/mol. The summed E-state index contributed by atoms with van der Waals surface area (Å²) in [7, 11) is 0. The first-order chi connectivity index (χ1) is 9.97. The zero-order valence-electron chi connectivity index (χ0n) is 12.4. The van der Waals surface area contributed by atoms with Gasteiger partial charge in [-0.25, -0.2) is 9.97 Å². The minimum atomic E-state index is 0.417. The van der Waals surface area contributed by atoms with Crippen LogP contribution in [0.1, 0.15) is 25.2 Å². The van der Waals surface area contributed by atoms with E-state index in [4.69, 9.17) is 23.2 Å². The SMILES string of the molecule is Cc1cccc(-c2c(Cl)nc(CSCC(C)C)nc2Cl)c1. The second kappa shape index (κ2) is 7.48. The van der Waals surface area contributed by atoms with E-state index in [-0.39, 0.29) is 0 Å². The minimum Gasteiger partial charge on any atom is -0.220 e. The predicted octanol–water partition coefficient (Wildman–Crippen LogP) is 5.65. The Bertz CT molecular complexity index is 606. The van der Waals surface area contributed by atoms with E-state index in [1.165, 1.54) is 0 Å². The fourth-order valence-corrected chi connectivity index (χ4v) is 3.48. The summed E-state index contributed by atoms with van der Waals surface area (Å²) in [6.07, 6.45) is 0. The van der Waals surface area contributed by atoms with Crippen LogP contribution in [0, 0.1) is 12.8 Å². The molecular formula is C16H18Cl2N2S. The van der Waals surface area contributed by atoms with E-state index in [2.05, 4.69) is 23.8 Å². The van der Waals surface area contributed by atoms with Crippen LogP contribution in [0.15, 0.2) is 24.3 Å². The second-order valence-electron chi connectivity index (χ2n) is 5.37. The molecule has 0 bridgehead atoms. The fourth-order valence-electron chi connectivity index (χ4n) is 1.94. The molecule has 0 N–H and O–H groups in total. The summed E-state index contributed by atoms with van der Waals surface area (Å²) in [4.78, 5) is 8.77. The van der Waals surface area contributed by atoms with Crippen molar-refractivity contribution in [1.82, 2.24) is 9.97 Å². The van der Waals surface area contributed by atoms with Crippen molar-refractivity contribution in [3.8, 4) is 11.1 Å². The Kier molecular flexibility index (Phi) is 5.91. The van der Waals surface area contributed by atoms with Gasteiger partial charge in [0.05, 0.1) is 11.3 Å². The number of thioether (sulfide) groups is 1. The third-order valence-corrected chi connectivity index (χ3v) is 4.77. The molecule has 0 radical (unpaired) electrons. The molecule has 0 aliphatic carbocycles. The maximum Gasteiger partial charge on any atom is 0.142 e. The van der Waals surface area contributed by atoms with Crippen LogP contribution >= 0.6 is 35.0 Å². The van der Waals surface area contributed by atoms with Crippen LogP contribution in [0.5, 0.6) is 0 Å². The molecule has 1 heterocycles. The van der Waals surface area contributed by atoms with E-state index in [1.54, 1.807) is 11.8 Å². The lowest BCUT2D eigenvalue weighted by atomic mass is 10.1. The lowest BCUT2D eigenvalue weighted by Crippen LogP contribution is -1.99. The molecule has 2 nitrogen and oxygen atoms in total. The van der Waals surface area contributed by atoms with Crippen LogP contribution < -0.4 is 0 Å². The van der Waals surface area contributed by atoms with E-state index >= 15 is 0 Å². The number of aromatic nitrogens is 2. The molecule has 0 amide bonds. The highest BCUT2D eigenvalue weighted by Gasteiger charge is 2.14. The van der Waals surface area contributed by atoms with Gasteiger partial charge >= 0.3 is 0 Å². The van der Waals surface area contributed by atoms with Crippen molar-refractivity contribution < 1.29 is 0 Å². The van der Waals surface area contributed by atoms with Gasteiger partial charge < -0.3 is 0 Å². The van der Waals surface area contributed by atoms with Gasteiger partial charge in [0.1, 0.15) is 16.1 Å².